The summed E-state index contributed by atoms with van der Waals surface area (Å²) in [7, 11) is 3.30. The maximum absolute atomic E-state index is 6.27. The Morgan fingerprint density at radius 1 is 1.04 bits per heavy atom. The standard InChI is InChI=1S/C23H22O3/c1-24-22-14-19-17(13-12-16-8-4-3-5-9-16)18-10-6-7-11-20(18)26-21(19)15-23(22)25-2/h3-5,7-9,11,14-15,17-18,20H,6,10H2,1-2H3/t17-,18?,20+/m0/s1. The van der Waals surface area contributed by atoms with Crippen LogP contribution in [0.2, 0.25) is 0 Å². The molecule has 0 fully saturated rings. The van der Waals surface area contributed by atoms with Crippen LogP contribution in [-0.4, -0.2) is 20.3 Å². The highest BCUT2D eigenvalue weighted by atomic mass is 16.5. The summed E-state index contributed by atoms with van der Waals surface area (Å²) in [6.07, 6.45) is 6.57. The van der Waals surface area contributed by atoms with Crippen LogP contribution in [0.3, 0.4) is 0 Å². The van der Waals surface area contributed by atoms with Crippen LogP contribution in [0, 0.1) is 17.8 Å². The molecule has 0 aromatic heterocycles. The molecule has 0 N–H and O–H groups in total. The van der Waals surface area contributed by atoms with Gasteiger partial charge < -0.3 is 14.2 Å². The van der Waals surface area contributed by atoms with E-state index in [1.165, 1.54) is 0 Å². The average molecular weight is 346 g/mol. The topological polar surface area (TPSA) is 27.7 Å². The Hall–Kier alpha value is -2.86. The summed E-state index contributed by atoms with van der Waals surface area (Å²) in [6, 6.07) is 14.1. The third-order valence-corrected chi connectivity index (χ3v) is 5.10. The van der Waals surface area contributed by atoms with E-state index >= 15 is 0 Å². The first kappa shape index (κ1) is 16.6. The van der Waals surface area contributed by atoms with Gasteiger partial charge in [0.15, 0.2) is 11.5 Å². The van der Waals surface area contributed by atoms with Crippen molar-refractivity contribution in [1.82, 2.24) is 0 Å². The third-order valence-electron chi connectivity index (χ3n) is 5.10. The quantitative estimate of drug-likeness (QED) is 0.589. The Kier molecular flexibility index (Phi) is 4.58. The Labute approximate surface area is 154 Å². The molecule has 1 unspecified atom stereocenters. The highest BCUT2D eigenvalue weighted by molar-refractivity contribution is 5.55. The predicted octanol–water partition coefficient (Wildman–Crippen LogP) is 4.57. The number of rotatable bonds is 2. The maximum Gasteiger partial charge on any atom is 0.164 e. The molecule has 132 valence electrons. The van der Waals surface area contributed by atoms with Crippen LogP contribution in [-0.2, 0) is 0 Å². The maximum atomic E-state index is 6.27. The van der Waals surface area contributed by atoms with Gasteiger partial charge in [-0.3, -0.25) is 0 Å². The number of benzene rings is 2. The number of ether oxygens (including phenoxy) is 3. The average Bonchev–Trinajstić information content (AvgIpc) is 2.70. The van der Waals surface area contributed by atoms with E-state index in [9.17, 15) is 0 Å². The summed E-state index contributed by atoms with van der Waals surface area (Å²) in [6.45, 7) is 0. The van der Waals surface area contributed by atoms with Crippen LogP contribution < -0.4 is 14.2 Å². The lowest BCUT2D eigenvalue weighted by Crippen LogP contribution is -2.35. The number of hydrogen-bond acceptors (Lipinski definition) is 3. The van der Waals surface area contributed by atoms with Crippen molar-refractivity contribution in [2.24, 2.45) is 5.92 Å². The second kappa shape index (κ2) is 7.17. The molecule has 3 atom stereocenters. The van der Waals surface area contributed by atoms with Crippen molar-refractivity contribution >= 4 is 0 Å². The normalized spacial score (nSPS) is 22.9. The largest absolute Gasteiger partial charge is 0.493 e. The fourth-order valence-corrected chi connectivity index (χ4v) is 3.77. The van der Waals surface area contributed by atoms with Crippen molar-refractivity contribution in [2.45, 2.75) is 24.9 Å². The van der Waals surface area contributed by atoms with E-state index in [-0.39, 0.29) is 12.0 Å². The molecule has 0 amide bonds. The summed E-state index contributed by atoms with van der Waals surface area (Å²) in [5.41, 5.74) is 2.12. The summed E-state index contributed by atoms with van der Waals surface area (Å²) < 4.78 is 17.2. The van der Waals surface area contributed by atoms with Gasteiger partial charge in [-0.2, -0.15) is 0 Å². The van der Waals surface area contributed by atoms with Gasteiger partial charge in [-0.1, -0.05) is 36.1 Å². The van der Waals surface area contributed by atoms with Gasteiger partial charge in [0.2, 0.25) is 0 Å². The lowest BCUT2D eigenvalue weighted by atomic mass is 9.75. The van der Waals surface area contributed by atoms with Crippen LogP contribution >= 0.6 is 0 Å². The van der Waals surface area contributed by atoms with E-state index < -0.39 is 0 Å². The van der Waals surface area contributed by atoms with Gasteiger partial charge in [0.05, 0.1) is 20.1 Å². The zero-order valence-corrected chi connectivity index (χ0v) is 15.1. The molecular formula is C23H22O3. The van der Waals surface area contributed by atoms with E-state index in [1.807, 2.05) is 42.5 Å². The molecule has 2 aromatic rings. The van der Waals surface area contributed by atoms with Crippen LogP contribution in [0.15, 0.2) is 54.6 Å². The molecule has 0 saturated carbocycles. The van der Waals surface area contributed by atoms with E-state index in [0.717, 1.165) is 29.7 Å². The van der Waals surface area contributed by atoms with Crippen LogP contribution in [0.1, 0.15) is 29.9 Å². The Balaban J connectivity index is 1.80. The molecule has 0 saturated heterocycles. The molecule has 4 rings (SSSR count). The smallest absolute Gasteiger partial charge is 0.164 e. The van der Waals surface area contributed by atoms with Gasteiger partial charge in [0, 0.05) is 23.1 Å². The van der Waals surface area contributed by atoms with Crippen LogP contribution in [0.25, 0.3) is 0 Å². The van der Waals surface area contributed by atoms with Crippen molar-refractivity contribution < 1.29 is 14.2 Å². The molecule has 3 nitrogen and oxygen atoms in total. The minimum Gasteiger partial charge on any atom is -0.493 e. The summed E-state index contributed by atoms with van der Waals surface area (Å²) in [4.78, 5) is 0. The number of methoxy groups -OCH3 is 2. The van der Waals surface area contributed by atoms with Crippen molar-refractivity contribution in [2.75, 3.05) is 14.2 Å². The van der Waals surface area contributed by atoms with Gasteiger partial charge in [-0.15, -0.1) is 0 Å². The second-order valence-corrected chi connectivity index (χ2v) is 6.61. The highest BCUT2D eigenvalue weighted by Crippen LogP contribution is 2.47. The second-order valence-electron chi connectivity index (χ2n) is 6.61. The molecule has 1 aliphatic heterocycles. The fourth-order valence-electron chi connectivity index (χ4n) is 3.77. The van der Waals surface area contributed by atoms with Crippen molar-refractivity contribution in [3.05, 3.63) is 65.7 Å². The number of fused-ring (bicyclic) bond motifs is 2. The van der Waals surface area contributed by atoms with Gasteiger partial charge in [-0.25, -0.2) is 0 Å². The van der Waals surface area contributed by atoms with Crippen LogP contribution in [0.4, 0.5) is 0 Å². The Bertz CT molecular complexity index is 874. The van der Waals surface area contributed by atoms with Gasteiger partial charge in [0.25, 0.3) is 0 Å². The summed E-state index contributed by atoms with van der Waals surface area (Å²) >= 11 is 0. The van der Waals surface area contributed by atoms with E-state index in [1.54, 1.807) is 14.2 Å². The Morgan fingerprint density at radius 2 is 1.81 bits per heavy atom. The van der Waals surface area contributed by atoms with Crippen LogP contribution in [0.5, 0.6) is 17.2 Å². The summed E-state index contributed by atoms with van der Waals surface area (Å²) in [5, 5.41) is 0. The minimum atomic E-state index is 0.0597. The minimum absolute atomic E-state index is 0.0597. The first-order valence-electron chi connectivity index (χ1n) is 8.96. The third kappa shape index (κ3) is 3.04. The lowest BCUT2D eigenvalue weighted by Gasteiger charge is -2.38. The number of hydrogen-bond donors (Lipinski definition) is 0. The molecule has 2 aliphatic rings. The SMILES string of the molecule is COc1cc2c(cc1OC)[C@@H](C#Cc1ccccc1)C1CCC=C[C@H]1O2. The van der Waals surface area contributed by atoms with Gasteiger partial charge in [-0.05, 0) is 37.1 Å². The first-order valence-corrected chi connectivity index (χ1v) is 8.96. The fraction of sp³-hybridized carbons (Fsp3) is 0.304. The molecule has 1 aliphatic carbocycles. The zero-order valence-electron chi connectivity index (χ0n) is 15.1. The van der Waals surface area contributed by atoms with E-state index in [0.29, 0.717) is 17.4 Å². The summed E-state index contributed by atoms with van der Waals surface area (Å²) in [5.74, 6) is 9.56. The molecule has 3 heteroatoms. The van der Waals surface area contributed by atoms with Crippen molar-refractivity contribution in [3.8, 4) is 29.1 Å². The molecule has 26 heavy (non-hydrogen) atoms. The molecular weight excluding hydrogens is 324 g/mol. The van der Waals surface area contributed by atoms with E-state index in [2.05, 4.69) is 24.0 Å². The van der Waals surface area contributed by atoms with Crippen molar-refractivity contribution in [3.63, 3.8) is 0 Å². The lowest BCUT2D eigenvalue weighted by molar-refractivity contribution is 0.131. The Morgan fingerprint density at radius 3 is 2.58 bits per heavy atom. The van der Waals surface area contributed by atoms with Gasteiger partial charge in [0.1, 0.15) is 11.9 Å². The highest BCUT2D eigenvalue weighted by Gasteiger charge is 2.38. The van der Waals surface area contributed by atoms with E-state index in [4.69, 9.17) is 14.2 Å². The zero-order chi connectivity index (χ0) is 17.9. The molecule has 0 radical (unpaired) electrons. The molecule has 1 heterocycles. The molecule has 0 bridgehead atoms. The number of allylic oxidation sites excluding steroid dienone is 1. The molecule has 2 aromatic carbocycles. The predicted molar refractivity (Wildman–Crippen MR) is 102 cm³/mol. The monoisotopic (exact) mass is 346 g/mol. The van der Waals surface area contributed by atoms with Crippen molar-refractivity contribution in [1.29, 1.82) is 0 Å². The first-order chi connectivity index (χ1) is 12.8. The molecule has 0 spiro atoms. The van der Waals surface area contributed by atoms with Gasteiger partial charge >= 0.3 is 0 Å².